The third-order valence-corrected chi connectivity index (χ3v) is 11.3. The molecule has 2 heteroatoms. The van der Waals surface area contributed by atoms with E-state index in [1.165, 1.54) is 77.0 Å². The summed E-state index contributed by atoms with van der Waals surface area (Å²) in [4.78, 5) is 0. The van der Waals surface area contributed by atoms with Gasteiger partial charge in [0.15, 0.2) is 0 Å². The number of epoxide rings is 1. The van der Waals surface area contributed by atoms with E-state index in [0.717, 1.165) is 54.5 Å². The molecule has 10 rings (SSSR count). The Balaban J connectivity index is 1.27. The second-order valence-corrected chi connectivity index (χ2v) is 13.8. The van der Waals surface area contributed by atoms with Crippen molar-refractivity contribution in [2.45, 2.75) is 101 Å². The lowest BCUT2D eigenvalue weighted by Crippen LogP contribution is -2.52. The van der Waals surface area contributed by atoms with Crippen LogP contribution in [0.2, 0.25) is 0 Å². The first kappa shape index (κ1) is 19.3. The number of benzene rings is 1. The summed E-state index contributed by atoms with van der Waals surface area (Å²) in [5.74, 6) is 7.14. The number of ether oxygens (including phenoxy) is 2. The van der Waals surface area contributed by atoms with Gasteiger partial charge in [-0.05, 0) is 159 Å². The van der Waals surface area contributed by atoms with Crippen molar-refractivity contribution in [1.29, 1.82) is 0 Å². The van der Waals surface area contributed by atoms with E-state index in [-0.39, 0.29) is 0 Å². The molecule has 0 aromatic heterocycles. The van der Waals surface area contributed by atoms with E-state index in [9.17, 15) is 0 Å². The van der Waals surface area contributed by atoms with Crippen molar-refractivity contribution in [3.63, 3.8) is 0 Å². The van der Waals surface area contributed by atoms with Crippen LogP contribution in [0, 0.1) is 42.4 Å². The molecule has 1 heterocycles. The number of hydrogen-bond donors (Lipinski definition) is 0. The molecule has 1 aromatic carbocycles. The van der Waals surface area contributed by atoms with Gasteiger partial charge in [-0.3, -0.25) is 0 Å². The molecule has 9 aliphatic rings. The fraction of sp³-hybridized carbons (Fsp3) is 0.800. The molecule has 8 bridgehead atoms. The first-order valence-corrected chi connectivity index (χ1v) is 14.0. The quantitative estimate of drug-likeness (QED) is 0.482. The maximum absolute atomic E-state index is 6.36. The van der Waals surface area contributed by atoms with Gasteiger partial charge in [-0.2, -0.15) is 0 Å². The van der Waals surface area contributed by atoms with E-state index in [1.807, 2.05) is 5.56 Å². The Hall–Kier alpha value is -1.02. The Bertz CT molecular complexity index is 870. The Morgan fingerprint density at radius 1 is 0.750 bits per heavy atom. The van der Waals surface area contributed by atoms with E-state index >= 15 is 0 Å². The highest BCUT2D eigenvalue weighted by molar-refractivity contribution is 5.51. The zero-order valence-corrected chi connectivity index (χ0v) is 19.9. The number of hydrogen-bond acceptors (Lipinski definition) is 2. The van der Waals surface area contributed by atoms with Crippen LogP contribution in [0.5, 0.6) is 5.75 Å². The van der Waals surface area contributed by atoms with Gasteiger partial charge < -0.3 is 9.47 Å². The Morgan fingerprint density at radius 3 is 1.69 bits per heavy atom. The fourth-order valence-electron chi connectivity index (χ4n) is 11.2. The van der Waals surface area contributed by atoms with Gasteiger partial charge in [0.25, 0.3) is 0 Å². The maximum atomic E-state index is 6.36. The van der Waals surface area contributed by atoms with Crippen LogP contribution in [0.25, 0.3) is 0 Å². The number of aryl methyl sites for hydroxylation is 1. The van der Waals surface area contributed by atoms with E-state index < -0.39 is 0 Å². The standard InChI is InChI=1S/C30H40O2/c1-18-2-25(31-16-26-17-32-26)9-27(29-10-19-3-20(11-29)5-21(4-19)12-29)28(18)30-13-22-6-23(14-30)8-24(7-22)15-30/h2,9,19-24,26H,3-8,10-17H2,1H3. The molecule has 8 aliphatic carbocycles. The highest BCUT2D eigenvalue weighted by Gasteiger charge is 2.57. The van der Waals surface area contributed by atoms with Crippen LogP contribution in [0.1, 0.15) is 93.7 Å². The van der Waals surface area contributed by atoms with E-state index in [4.69, 9.17) is 9.47 Å². The molecule has 0 N–H and O–H groups in total. The van der Waals surface area contributed by atoms with Gasteiger partial charge in [-0.15, -0.1) is 0 Å². The summed E-state index contributed by atoms with van der Waals surface area (Å²) in [6.07, 6.45) is 18.4. The molecule has 1 saturated heterocycles. The minimum absolute atomic E-state index is 0.334. The van der Waals surface area contributed by atoms with Gasteiger partial charge in [0.05, 0.1) is 6.61 Å². The molecule has 1 atom stereocenters. The lowest BCUT2D eigenvalue weighted by Gasteiger charge is -2.61. The second kappa shape index (κ2) is 6.55. The normalized spacial score (nSPS) is 49.6. The molecule has 0 spiro atoms. The molecule has 1 aliphatic heterocycles. The average molecular weight is 433 g/mol. The van der Waals surface area contributed by atoms with Crippen LogP contribution in [0.3, 0.4) is 0 Å². The van der Waals surface area contributed by atoms with Crippen molar-refractivity contribution in [3.05, 3.63) is 28.8 Å². The molecular formula is C30H40O2. The molecule has 8 saturated carbocycles. The molecule has 32 heavy (non-hydrogen) atoms. The summed E-state index contributed by atoms with van der Waals surface area (Å²) in [6.45, 7) is 4.06. The monoisotopic (exact) mass is 432 g/mol. The highest BCUT2D eigenvalue weighted by atomic mass is 16.6. The molecule has 1 unspecified atom stereocenters. The molecule has 0 radical (unpaired) electrons. The van der Waals surface area contributed by atoms with Crippen molar-refractivity contribution >= 4 is 0 Å². The van der Waals surface area contributed by atoms with Crippen LogP contribution in [0.4, 0.5) is 0 Å². The summed E-state index contributed by atoms with van der Waals surface area (Å²) in [5.41, 5.74) is 6.12. The van der Waals surface area contributed by atoms with E-state index in [1.54, 1.807) is 11.1 Å². The van der Waals surface area contributed by atoms with Crippen LogP contribution in [-0.4, -0.2) is 19.3 Å². The predicted molar refractivity (Wildman–Crippen MR) is 126 cm³/mol. The largest absolute Gasteiger partial charge is 0.491 e. The lowest BCUT2D eigenvalue weighted by molar-refractivity contribution is -0.0178. The summed E-state index contributed by atoms with van der Waals surface area (Å²) in [5, 5.41) is 0. The smallest absolute Gasteiger partial charge is 0.120 e. The Morgan fingerprint density at radius 2 is 1.22 bits per heavy atom. The first-order valence-electron chi connectivity index (χ1n) is 14.0. The highest BCUT2D eigenvalue weighted by Crippen LogP contribution is 2.66. The first-order chi connectivity index (χ1) is 15.6. The van der Waals surface area contributed by atoms with Gasteiger partial charge in [0, 0.05) is 0 Å². The topological polar surface area (TPSA) is 21.8 Å². The molecule has 0 amide bonds. The van der Waals surface area contributed by atoms with Gasteiger partial charge in [-0.1, -0.05) is 0 Å². The molecule has 2 nitrogen and oxygen atoms in total. The third-order valence-electron chi connectivity index (χ3n) is 11.3. The van der Waals surface area contributed by atoms with E-state index in [0.29, 0.717) is 16.9 Å². The second-order valence-electron chi connectivity index (χ2n) is 13.8. The molecule has 9 fully saturated rings. The molecular weight excluding hydrogens is 392 g/mol. The Labute approximate surface area is 193 Å². The van der Waals surface area contributed by atoms with E-state index in [2.05, 4.69) is 19.1 Å². The summed E-state index contributed by atoms with van der Waals surface area (Å²) >= 11 is 0. The van der Waals surface area contributed by atoms with Gasteiger partial charge in [-0.25, -0.2) is 0 Å². The molecule has 1 aromatic rings. The maximum Gasteiger partial charge on any atom is 0.120 e. The van der Waals surface area contributed by atoms with Gasteiger partial charge in [0.1, 0.15) is 18.5 Å². The lowest BCUT2D eigenvalue weighted by atomic mass is 9.44. The van der Waals surface area contributed by atoms with Crippen LogP contribution < -0.4 is 4.74 Å². The van der Waals surface area contributed by atoms with Crippen molar-refractivity contribution < 1.29 is 9.47 Å². The summed E-state index contributed by atoms with van der Waals surface area (Å²) < 4.78 is 11.8. The van der Waals surface area contributed by atoms with Crippen LogP contribution >= 0.6 is 0 Å². The third kappa shape index (κ3) is 2.87. The van der Waals surface area contributed by atoms with Crippen molar-refractivity contribution in [2.75, 3.05) is 13.2 Å². The predicted octanol–water partition coefficient (Wildman–Crippen LogP) is 6.71. The Kier molecular flexibility index (Phi) is 3.95. The van der Waals surface area contributed by atoms with Crippen molar-refractivity contribution in [2.24, 2.45) is 35.5 Å². The van der Waals surface area contributed by atoms with Crippen LogP contribution in [0.15, 0.2) is 12.1 Å². The zero-order valence-electron chi connectivity index (χ0n) is 19.9. The van der Waals surface area contributed by atoms with Crippen molar-refractivity contribution in [1.82, 2.24) is 0 Å². The molecule has 172 valence electrons. The zero-order chi connectivity index (χ0) is 21.1. The SMILES string of the molecule is Cc1cc(OCC2CO2)cc(C23CC4CC(CC(C4)C2)C3)c1C12CC3CC(CC(C3)C1)C2. The van der Waals surface area contributed by atoms with Crippen LogP contribution in [-0.2, 0) is 15.6 Å². The minimum atomic E-state index is 0.334. The van der Waals surface area contributed by atoms with Gasteiger partial charge in [0.2, 0.25) is 0 Å². The fourth-order valence-corrected chi connectivity index (χ4v) is 11.2. The number of rotatable bonds is 5. The summed E-state index contributed by atoms with van der Waals surface area (Å²) in [7, 11) is 0. The van der Waals surface area contributed by atoms with Crippen molar-refractivity contribution in [3.8, 4) is 5.75 Å². The minimum Gasteiger partial charge on any atom is -0.491 e. The average Bonchev–Trinajstić information content (AvgIpc) is 3.54. The summed E-state index contributed by atoms with van der Waals surface area (Å²) in [6, 6.07) is 5.00. The van der Waals surface area contributed by atoms with Gasteiger partial charge >= 0.3 is 0 Å².